The summed E-state index contributed by atoms with van der Waals surface area (Å²) in [5, 5.41) is 3.10. The molecule has 2 heterocycles. The van der Waals surface area contributed by atoms with Crippen molar-refractivity contribution >= 4 is 11.6 Å². The Kier molecular flexibility index (Phi) is 6.81. The third-order valence-corrected chi connectivity index (χ3v) is 3.50. The van der Waals surface area contributed by atoms with Gasteiger partial charge in [0.05, 0.1) is 21.3 Å². The van der Waals surface area contributed by atoms with Gasteiger partial charge in [0.2, 0.25) is 11.7 Å². The standard InChI is InChI=1S/C16H18N6O3.C2H6/c1-23-12-7-10(8-13(24-2)14(12)25-3)20-16-19-9-18-15(21-16)11-5-4-6-22(11)17;1-2/h4-9H,17H2,1-3H3,(H,18,19,20,21);1-2H3. The minimum atomic E-state index is 0.362. The number of hydrogen-bond donors (Lipinski definition) is 2. The highest BCUT2D eigenvalue weighted by atomic mass is 16.5. The van der Waals surface area contributed by atoms with Gasteiger partial charge in [-0.1, -0.05) is 13.8 Å². The predicted molar refractivity (Wildman–Crippen MR) is 104 cm³/mol. The van der Waals surface area contributed by atoms with Gasteiger partial charge in [0.1, 0.15) is 12.0 Å². The van der Waals surface area contributed by atoms with Crippen molar-refractivity contribution in [3.63, 3.8) is 0 Å². The van der Waals surface area contributed by atoms with Crippen LogP contribution in [0.3, 0.4) is 0 Å². The van der Waals surface area contributed by atoms with Gasteiger partial charge in [-0.3, -0.25) is 4.68 Å². The predicted octanol–water partition coefficient (Wildman–Crippen LogP) is 2.85. The molecule has 0 bridgehead atoms. The number of ether oxygens (including phenoxy) is 3. The lowest BCUT2D eigenvalue weighted by molar-refractivity contribution is 0.324. The minimum Gasteiger partial charge on any atom is -0.493 e. The van der Waals surface area contributed by atoms with Gasteiger partial charge in [-0.05, 0) is 12.1 Å². The molecule has 9 heteroatoms. The van der Waals surface area contributed by atoms with E-state index in [2.05, 4.69) is 20.3 Å². The smallest absolute Gasteiger partial charge is 0.230 e. The number of nitrogen functional groups attached to an aromatic ring is 1. The Morgan fingerprint density at radius 3 is 2.19 bits per heavy atom. The average molecular weight is 372 g/mol. The van der Waals surface area contributed by atoms with Crippen LogP contribution in [0.15, 0.2) is 36.8 Å². The highest BCUT2D eigenvalue weighted by Gasteiger charge is 2.14. The number of nitrogens with two attached hydrogens (primary N) is 1. The summed E-state index contributed by atoms with van der Waals surface area (Å²) in [6.07, 6.45) is 3.13. The summed E-state index contributed by atoms with van der Waals surface area (Å²) in [5.41, 5.74) is 1.35. The van der Waals surface area contributed by atoms with Crippen molar-refractivity contribution in [1.82, 2.24) is 19.6 Å². The van der Waals surface area contributed by atoms with Crippen molar-refractivity contribution < 1.29 is 14.2 Å². The average Bonchev–Trinajstić information content (AvgIpc) is 3.14. The fourth-order valence-corrected chi connectivity index (χ4v) is 2.35. The van der Waals surface area contributed by atoms with Crippen molar-refractivity contribution in [1.29, 1.82) is 0 Å². The summed E-state index contributed by atoms with van der Waals surface area (Å²) in [6, 6.07) is 7.15. The molecule has 3 N–H and O–H groups in total. The second-order valence-electron chi connectivity index (χ2n) is 4.97. The highest BCUT2D eigenvalue weighted by Crippen LogP contribution is 2.40. The molecule has 9 nitrogen and oxygen atoms in total. The number of benzene rings is 1. The van der Waals surface area contributed by atoms with Gasteiger partial charge in [0, 0.05) is 24.0 Å². The lowest BCUT2D eigenvalue weighted by atomic mass is 10.2. The monoisotopic (exact) mass is 372 g/mol. The fourth-order valence-electron chi connectivity index (χ4n) is 2.35. The number of hydrogen-bond acceptors (Lipinski definition) is 8. The Bertz CT molecular complexity index is 856. The van der Waals surface area contributed by atoms with Crippen molar-refractivity contribution in [3.05, 3.63) is 36.8 Å². The van der Waals surface area contributed by atoms with Gasteiger partial charge in [-0.15, -0.1) is 0 Å². The maximum absolute atomic E-state index is 5.83. The fraction of sp³-hybridized carbons (Fsp3) is 0.278. The lowest BCUT2D eigenvalue weighted by Crippen LogP contribution is -2.10. The van der Waals surface area contributed by atoms with Crippen LogP contribution < -0.4 is 25.4 Å². The number of aromatic nitrogens is 4. The Balaban J connectivity index is 0.00000126. The van der Waals surface area contributed by atoms with E-state index in [1.54, 1.807) is 39.7 Å². The van der Waals surface area contributed by atoms with Crippen LogP contribution in [0, 0.1) is 0 Å². The first-order valence-electron chi connectivity index (χ1n) is 8.35. The van der Waals surface area contributed by atoms with Crippen LogP contribution in [0.1, 0.15) is 13.8 Å². The van der Waals surface area contributed by atoms with Crippen molar-refractivity contribution in [3.8, 4) is 28.8 Å². The molecular weight excluding hydrogens is 348 g/mol. The molecule has 0 aliphatic carbocycles. The van der Waals surface area contributed by atoms with Gasteiger partial charge >= 0.3 is 0 Å². The molecule has 3 aromatic rings. The Labute approximate surface area is 158 Å². The van der Waals surface area contributed by atoms with Gasteiger partial charge in [0.15, 0.2) is 17.3 Å². The zero-order valence-electron chi connectivity index (χ0n) is 16.1. The third kappa shape index (κ3) is 4.38. The topological polar surface area (TPSA) is 109 Å². The second-order valence-corrected chi connectivity index (χ2v) is 4.97. The Hall–Kier alpha value is -3.49. The third-order valence-electron chi connectivity index (χ3n) is 3.50. The lowest BCUT2D eigenvalue weighted by Gasteiger charge is -2.14. The Morgan fingerprint density at radius 1 is 1.00 bits per heavy atom. The molecule has 0 aliphatic rings. The quantitative estimate of drug-likeness (QED) is 0.636. The molecule has 0 spiro atoms. The first kappa shape index (κ1) is 19.8. The summed E-state index contributed by atoms with van der Waals surface area (Å²) >= 11 is 0. The van der Waals surface area contributed by atoms with Crippen LogP contribution in [-0.4, -0.2) is 41.0 Å². The van der Waals surface area contributed by atoms with E-state index >= 15 is 0 Å². The van der Waals surface area contributed by atoms with Crippen molar-refractivity contribution in [2.24, 2.45) is 0 Å². The van der Waals surface area contributed by atoms with E-state index < -0.39 is 0 Å². The van der Waals surface area contributed by atoms with Gasteiger partial charge in [-0.25, -0.2) is 9.97 Å². The molecule has 144 valence electrons. The Morgan fingerprint density at radius 2 is 1.67 bits per heavy atom. The first-order valence-corrected chi connectivity index (χ1v) is 8.35. The van der Waals surface area contributed by atoms with Gasteiger partial charge in [-0.2, -0.15) is 4.98 Å². The molecule has 0 fully saturated rings. The van der Waals surface area contributed by atoms with Crippen LogP contribution in [0.25, 0.3) is 11.5 Å². The molecular formula is C18H24N6O3. The summed E-state index contributed by atoms with van der Waals surface area (Å²) in [4.78, 5) is 12.7. The molecule has 0 amide bonds. The van der Waals surface area contributed by atoms with Crippen LogP contribution in [0.2, 0.25) is 0 Å². The molecule has 27 heavy (non-hydrogen) atoms. The summed E-state index contributed by atoms with van der Waals surface area (Å²) in [7, 11) is 4.66. The molecule has 0 saturated heterocycles. The second kappa shape index (κ2) is 9.27. The summed E-state index contributed by atoms with van der Waals surface area (Å²) in [5.74, 6) is 8.20. The number of rotatable bonds is 6. The molecule has 0 unspecified atom stereocenters. The van der Waals surface area contributed by atoms with E-state index in [0.717, 1.165) is 0 Å². The van der Waals surface area contributed by atoms with Gasteiger partial charge < -0.3 is 25.4 Å². The number of methoxy groups -OCH3 is 3. The van der Waals surface area contributed by atoms with Crippen LogP contribution in [-0.2, 0) is 0 Å². The molecule has 0 saturated carbocycles. The van der Waals surface area contributed by atoms with E-state index in [1.807, 2.05) is 26.0 Å². The number of nitrogens with zero attached hydrogens (tertiary/aromatic N) is 4. The molecule has 0 radical (unpaired) electrons. The van der Waals surface area contributed by atoms with E-state index in [4.69, 9.17) is 20.1 Å². The van der Waals surface area contributed by atoms with E-state index in [-0.39, 0.29) is 0 Å². The normalized spacial score (nSPS) is 9.81. The SMILES string of the molecule is CC.COc1cc(Nc2ncnc(-c3cccn3N)n2)cc(OC)c1OC. The number of anilines is 2. The largest absolute Gasteiger partial charge is 0.493 e. The molecule has 3 rings (SSSR count). The maximum Gasteiger partial charge on any atom is 0.230 e. The number of nitrogens with one attached hydrogen (secondary N) is 1. The molecule has 2 aromatic heterocycles. The van der Waals surface area contributed by atoms with Crippen LogP contribution in [0.4, 0.5) is 11.6 Å². The van der Waals surface area contributed by atoms with E-state index in [0.29, 0.717) is 40.4 Å². The van der Waals surface area contributed by atoms with Crippen molar-refractivity contribution in [2.75, 3.05) is 32.5 Å². The van der Waals surface area contributed by atoms with Crippen molar-refractivity contribution in [2.45, 2.75) is 13.8 Å². The molecule has 1 aromatic carbocycles. The van der Waals surface area contributed by atoms with Crippen LogP contribution >= 0.6 is 0 Å². The zero-order chi connectivity index (χ0) is 19.8. The molecule has 0 aliphatic heterocycles. The van der Waals surface area contributed by atoms with E-state index in [1.165, 1.54) is 11.0 Å². The summed E-state index contributed by atoms with van der Waals surface area (Å²) in [6.45, 7) is 4.00. The highest BCUT2D eigenvalue weighted by molar-refractivity contribution is 5.66. The van der Waals surface area contributed by atoms with Crippen LogP contribution in [0.5, 0.6) is 17.2 Å². The first-order chi connectivity index (χ1) is 13.2. The van der Waals surface area contributed by atoms with E-state index in [9.17, 15) is 0 Å². The molecule has 0 atom stereocenters. The zero-order valence-corrected chi connectivity index (χ0v) is 16.1. The maximum atomic E-state index is 5.83. The minimum absolute atomic E-state index is 0.362. The summed E-state index contributed by atoms with van der Waals surface area (Å²) < 4.78 is 17.4. The van der Waals surface area contributed by atoms with Gasteiger partial charge in [0.25, 0.3) is 0 Å².